The molecule has 17 heavy (non-hydrogen) atoms. The molecule has 0 fully saturated rings. The molecule has 0 N–H and O–H groups in total. The summed E-state index contributed by atoms with van der Waals surface area (Å²) in [5.41, 5.74) is 0. The van der Waals surface area contributed by atoms with Crippen LogP contribution in [0.2, 0.25) is 0 Å². The van der Waals surface area contributed by atoms with Crippen molar-refractivity contribution in [1.82, 2.24) is 0 Å². The lowest BCUT2D eigenvalue weighted by molar-refractivity contribution is -0.123. The highest BCUT2D eigenvalue weighted by atomic mass is 16.5. The highest BCUT2D eigenvalue weighted by Crippen LogP contribution is 2.27. The Kier molecular flexibility index (Phi) is 4.26. The second-order valence-corrected chi connectivity index (χ2v) is 4.69. The topological polar surface area (TPSA) is 43.4 Å². The zero-order valence-corrected chi connectivity index (χ0v) is 9.83. The van der Waals surface area contributed by atoms with Crippen LogP contribution < -0.4 is 0 Å². The molecule has 4 atom stereocenters. The molecule has 0 heterocycles. The van der Waals surface area contributed by atoms with Crippen LogP contribution >= 0.6 is 0 Å². The average molecular weight is 234 g/mol. The third-order valence-electron chi connectivity index (χ3n) is 3.52. The largest absolute Gasteiger partial charge is 0.369 e. The van der Waals surface area contributed by atoms with E-state index in [9.17, 15) is 9.59 Å². The van der Waals surface area contributed by atoms with Crippen LogP contribution in [0.25, 0.3) is 0 Å². The predicted molar refractivity (Wildman–Crippen MR) is 64.5 cm³/mol. The Labute approximate surface area is 102 Å². The molecular weight excluding hydrogens is 216 g/mol. The van der Waals surface area contributed by atoms with Gasteiger partial charge in [0.25, 0.3) is 0 Å². The molecule has 0 saturated heterocycles. The van der Waals surface area contributed by atoms with Gasteiger partial charge in [0.15, 0.2) is 0 Å². The number of allylic oxidation sites excluding steroid dienone is 2. The summed E-state index contributed by atoms with van der Waals surface area (Å²) in [6.07, 6.45) is 13.1. The molecule has 92 valence electrons. The lowest BCUT2D eigenvalue weighted by Gasteiger charge is -2.31. The Morgan fingerprint density at radius 2 is 1.76 bits per heavy atom. The number of ether oxygens (including phenoxy) is 1. The van der Waals surface area contributed by atoms with Gasteiger partial charge >= 0.3 is 0 Å². The fraction of sp³-hybridized carbons (Fsp3) is 0.571. The van der Waals surface area contributed by atoms with E-state index < -0.39 is 0 Å². The van der Waals surface area contributed by atoms with Crippen molar-refractivity contribution >= 4 is 12.6 Å². The van der Waals surface area contributed by atoms with Crippen molar-refractivity contribution in [2.24, 2.45) is 11.8 Å². The minimum Gasteiger partial charge on any atom is -0.369 e. The van der Waals surface area contributed by atoms with E-state index >= 15 is 0 Å². The molecule has 3 unspecified atom stereocenters. The van der Waals surface area contributed by atoms with Crippen molar-refractivity contribution in [2.45, 2.75) is 37.9 Å². The van der Waals surface area contributed by atoms with Gasteiger partial charge in [-0.15, -0.1) is 0 Å². The van der Waals surface area contributed by atoms with Crippen molar-refractivity contribution < 1.29 is 14.3 Å². The van der Waals surface area contributed by atoms with Gasteiger partial charge in [0.2, 0.25) is 0 Å². The first-order valence-electron chi connectivity index (χ1n) is 6.23. The van der Waals surface area contributed by atoms with E-state index in [1.165, 1.54) is 0 Å². The quantitative estimate of drug-likeness (QED) is 0.552. The van der Waals surface area contributed by atoms with Crippen LogP contribution in [0.5, 0.6) is 0 Å². The number of hydrogen-bond acceptors (Lipinski definition) is 3. The lowest BCUT2D eigenvalue weighted by Crippen LogP contribution is -2.35. The summed E-state index contributed by atoms with van der Waals surface area (Å²) in [5, 5.41) is 0. The van der Waals surface area contributed by atoms with E-state index in [1.807, 2.05) is 18.2 Å². The molecule has 0 spiro atoms. The zero-order chi connectivity index (χ0) is 12.1. The Morgan fingerprint density at radius 3 is 2.53 bits per heavy atom. The molecule has 0 aromatic rings. The Morgan fingerprint density at radius 1 is 1.00 bits per heavy atom. The van der Waals surface area contributed by atoms with Crippen molar-refractivity contribution in [3.05, 3.63) is 24.3 Å². The molecule has 0 aromatic carbocycles. The normalized spacial score (nSPS) is 36.7. The van der Waals surface area contributed by atoms with Gasteiger partial charge in [-0.2, -0.15) is 0 Å². The first kappa shape index (κ1) is 12.2. The molecule has 2 aliphatic carbocycles. The SMILES string of the molecule is O=CC1CCC=CC1O[C@H]1CC=CCC1C=O. The molecule has 0 amide bonds. The van der Waals surface area contributed by atoms with E-state index in [0.29, 0.717) is 0 Å². The van der Waals surface area contributed by atoms with E-state index in [2.05, 4.69) is 6.08 Å². The van der Waals surface area contributed by atoms with E-state index in [-0.39, 0.29) is 24.0 Å². The Bertz CT molecular complexity index is 332. The van der Waals surface area contributed by atoms with Crippen molar-refractivity contribution in [1.29, 1.82) is 0 Å². The molecule has 0 radical (unpaired) electrons. The fourth-order valence-electron chi connectivity index (χ4n) is 2.43. The number of carbonyl (C=O) groups is 2. The molecule has 2 aliphatic rings. The highest BCUT2D eigenvalue weighted by molar-refractivity contribution is 5.56. The smallest absolute Gasteiger partial charge is 0.126 e. The van der Waals surface area contributed by atoms with Gasteiger partial charge in [-0.3, -0.25) is 0 Å². The summed E-state index contributed by atoms with van der Waals surface area (Å²) in [5.74, 6) is -0.124. The van der Waals surface area contributed by atoms with Gasteiger partial charge in [0, 0.05) is 11.8 Å². The Hall–Kier alpha value is -1.22. The van der Waals surface area contributed by atoms with Crippen molar-refractivity contribution in [3.8, 4) is 0 Å². The maximum absolute atomic E-state index is 11.0. The van der Waals surface area contributed by atoms with E-state index in [4.69, 9.17) is 4.74 Å². The van der Waals surface area contributed by atoms with Crippen LogP contribution in [-0.4, -0.2) is 24.8 Å². The Balaban J connectivity index is 2.00. The summed E-state index contributed by atoms with van der Waals surface area (Å²) in [4.78, 5) is 21.9. The third kappa shape index (κ3) is 2.91. The number of hydrogen-bond donors (Lipinski definition) is 0. The maximum Gasteiger partial charge on any atom is 0.126 e. The van der Waals surface area contributed by atoms with Gasteiger partial charge in [0.05, 0.1) is 12.2 Å². The number of aldehydes is 2. The van der Waals surface area contributed by atoms with Gasteiger partial charge in [-0.1, -0.05) is 24.3 Å². The first-order valence-corrected chi connectivity index (χ1v) is 6.23. The molecule has 2 rings (SSSR count). The second kappa shape index (κ2) is 5.92. The van der Waals surface area contributed by atoms with Crippen molar-refractivity contribution in [3.63, 3.8) is 0 Å². The third-order valence-corrected chi connectivity index (χ3v) is 3.52. The van der Waals surface area contributed by atoms with Crippen LogP contribution in [0.4, 0.5) is 0 Å². The average Bonchev–Trinajstić information content (AvgIpc) is 2.40. The predicted octanol–water partition coefficient (Wildman–Crippen LogP) is 2.07. The summed E-state index contributed by atoms with van der Waals surface area (Å²) < 4.78 is 5.94. The van der Waals surface area contributed by atoms with Gasteiger partial charge < -0.3 is 14.3 Å². The molecule has 3 heteroatoms. The summed E-state index contributed by atoms with van der Waals surface area (Å²) in [6.45, 7) is 0. The minimum absolute atomic E-state index is 0.0572. The maximum atomic E-state index is 11.0. The fourth-order valence-corrected chi connectivity index (χ4v) is 2.43. The van der Waals surface area contributed by atoms with Crippen LogP contribution in [0.3, 0.4) is 0 Å². The van der Waals surface area contributed by atoms with E-state index in [1.54, 1.807) is 0 Å². The molecule has 3 nitrogen and oxygen atoms in total. The van der Waals surface area contributed by atoms with E-state index in [0.717, 1.165) is 38.3 Å². The molecule has 0 saturated carbocycles. The van der Waals surface area contributed by atoms with Crippen LogP contribution in [0, 0.1) is 11.8 Å². The second-order valence-electron chi connectivity index (χ2n) is 4.69. The van der Waals surface area contributed by atoms with Gasteiger partial charge in [-0.25, -0.2) is 0 Å². The highest BCUT2D eigenvalue weighted by Gasteiger charge is 2.29. The molecular formula is C14H18O3. The van der Waals surface area contributed by atoms with Gasteiger partial charge in [-0.05, 0) is 25.7 Å². The lowest BCUT2D eigenvalue weighted by atomic mass is 9.90. The summed E-state index contributed by atoms with van der Waals surface area (Å²) >= 11 is 0. The minimum atomic E-state index is -0.153. The zero-order valence-electron chi connectivity index (χ0n) is 9.83. The van der Waals surface area contributed by atoms with Crippen LogP contribution in [-0.2, 0) is 14.3 Å². The number of carbonyl (C=O) groups excluding carboxylic acids is 2. The van der Waals surface area contributed by atoms with Gasteiger partial charge in [0.1, 0.15) is 12.6 Å². The molecule has 0 aliphatic heterocycles. The summed E-state index contributed by atoms with van der Waals surface area (Å²) in [6, 6.07) is 0. The molecule has 0 bridgehead atoms. The van der Waals surface area contributed by atoms with Crippen LogP contribution in [0.15, 0.2) is 24.3 Å². The summed E-state index contributed by atoms with van der Waals surface area (Å²) in [7, 11) is 0. The standard InChI is InChI=1S/C14H18O3/c15-9-11-5-1-3-7-13(11)17-14-8-4-2-6-12(14)10-16/h1,3-4,8-14H,2,5-7H2/t11?,12?,13-,14?/m0/s1. The molecule has 0 aromatic heterocycles. The van der Waals surface area contributed by atoms with Crippen LogP contribution in [0.1, 0.15) is 25.7 Å². The number of rotatable bonds is 4. The monoisotopic (exact) mass is 234 g/mol. The first-order chi connectivity index (χ1) is 8.35. The van der Waals surface area contributed by atoms with Crippen molar-refractivity contribution in [2.75, 3.05) is 0 Å².